The van der Waals surface area contributed by atoms with Gasteiger partial charge in [-0.05, 0) is 24.7 Å². The summed E-state index contributed by atoms with van der Waals surface area (Å²) in [6, 6.07) is 8.22. The monoisotopic (exact) mass is 251 g/mol. The Hall–Kier alpha value is -0.670. The molecule has 1 aliphatic heterocycles. The second kappa shape index (κ2) is 6.92. The van der Waals surface area contributed by atoms with E-state index in [1.807, 2.05) is 12.1 Å². The number of para-hydroxylation sites is 1. The van der Waals surface area contributed by atoms with Crippen LogP contribution in [0.15, 0.2) is 24.3 Å². The standard InChI is InChI=1S/C14H21NOS/c1-16-14-8-3-2-6-12(14)10-15-11-13-7-4-5-9-17-13/h2-3,6,8,13,15H,4-5,7,9-11H2,1H3. The Morgan fingerprint density at radius 3 is 3.00 bits per heavy atom. The number of hydrogen-bond donors (Lipinski definition) is 1. The van der Waals surface area contributed by atoms with Crippen molar-refractivity contribution >= 4 is 11.8 Å². The van der Waals surface area contributed by atoms with E-state index in [-0.39, 0.29) is 0 Å². The zero-order chi connectivity index (χ0) is 11.9. The molecule has 1 saturated heterocycles. The van der Waals surface area contributed by atoms with Gasteiger partial charge in [0.2, 0.25) is 0 Å². The fourth-order valence-corrected chi connectivity index (χ4v) is 3.46. The fraction of sp³-hybridized carbons (Fsp3) is 0.571. The molecule has 17 heavy (non-hydrogen) atoms. The zero-order valence-corrected chi connectivity index (χ0v) is 11.3. The van der Waals surface area contributed by atoms with Crippen LogP contribution in [-0.4, -0.2) is 24.7 Å². The van der Waals surface area contributed by atoms with Crippen molar-refractivity contribution in [2.75, 3.05) is 19.4 Å². The summed E-state index contributed by atoms with van der Waals surface area (Å²) in [5.41, 5.74) is 1.25. The Balaban J connectivity index is 1.77. The molecule has 0 saturated carbocycles. The van der Waals surface area contributed by atoms with Crippen molar-refractivity contribution in [3.05, 3.63) is 29.8 Å². The lowest BCUT2D eigenvalue weighted by atomic mass is 10.1. The molecule has 1 aliphatic rings. The minimum absolute atomic E-state index is 0.804. The van der Waals surface area contributed by atoms with Crippen LogP contribution in [0, 0.1) is 0 Å². The van der Waals surface area contributed by atoms with Gasteiger partial charge < -0.3 is 10.1 Å². The van der Waals surface area contributed by atoms with Gasteiger partial charge in [0.05, 0.1) is 7.11 Å². The van der Waals surface area contributed by atoms with Crippen LogP contribution < -0.4 is 10.1 Å². The second-order valence-electron chi connectivity index (χ2n) is 4.43. The first-order valence-corrected chi connectivity index (χ1v) is 7.39. The number of hydrogen-bond acceptors (Lipinski definition) is 3. The summed E-state index contributed by atoms with van der Waals surface area (Å²) in [5.74, 6) is 2.32. The minimum atomic E-state index is 0.804. The smallest absolute Gasteiger partial charge is 0.123 e. The Morgan fingerprint density at radius 1 is 1.35 bits per heavy atom. The molecule has 0 bridgehead atoms. The number of rotatable bonds is 5. The van der Waals surface area contributed by atoms with Crippen LogP contribution in [0.4, 0.5) is 0 Å². The molecule has 2 rings (SSSR count). The number of benzene rings is 1. The molecule has 0 aromatic heterocycles. The molecule has 1 N–H and O–H groups in total. The van der Waals surface area contributed by atoms with Gasteiger partial charge in [-0.1, -0.05) is 24.6 Å². The number of thioether (sulfide) groups is 1. The molecule has 0 radical (unpaired) electrons. The molecule has 2 nitrogen and oxygen atoms in total. The van der Waals surface area contributed by atoms with Gasteiger partial charge in [-0.15, -0.1) is 0 Å². The number of nitrogens with one attached hydrogen (secondary N) is 1. The summed E-state index contributed by atoms with van der Waals surface area (Å²) in [6.45, 7) is 2.02. The highest BCUT2D eigenvalue weighted by Gasteiger charge is 2.13. The quantitative estimate of drug-likeness (QED) is 0.869. The Morgan fingerprint density at radius 2 is 2.24 bits per heavy atom. The maximum atomic E-state index is 5.34. The van der Waals surface area contributed by atoms with E-state index in [1.165, 1.54) is 30.6 Å². The third kappa shape index (κ3) is 3.93. The zero-order valence-electron chi connectivity index (χ0n) is 10.4. The average Bonchev–Trinajstić information content (AvgIpc) is 2.40. The molecule has 1 atom stereocenters. The molecule has 1 aromatic carbocycles. The highest BCUT2D eigenvalue weighted by Crippen LogP contribution is 2.24. The Kier molecular flexibility index (Phi) is 5.20. The fourth-order valence-electron chi connectivity index (χ4n) is 2.19. The minimum Gasteiger partial charge on any atom is -0.496 e. The number of ether oxygens (including phenoxy) is 1. The maximum absolute atomic E-state index is 5.34. The van der Waals surface area contributed by atoms with E-state index in [1.54, 1.807) is 7.11 Å². The first-order valence-electron chi connectivity index (χ1n) is 6.34. The summed E-state index contributed by atoms with van der Waals surface area (Å²) in [6.07, 6.45) is 4.16. The molecule has 1 aromatic rings. The summed E-state index contributed by atoms with van der Waals surface area (Å²) >= 11 is 2.11. The molecule has 1 unspecified atom stereocenters. The van der Waals surface area contributed by atoms with Gasteiger partial charge in [-0.3, -0.25) is 0 Å². The third-order valence-corrected chi connectivity index (χ3v) is 4.55. The lowest BCUT2D eigenvalue weighted by Gasteiger charge is -2.21. The van der Waals surface area contributed by atoms with E-state index >= 15 is 0 Å². The normalized spacial score (nSPS) is 20.2. The van der Waals surface area contributed by atoms with Crippen molar-refractivity contribution in [2.24, 2.45) is 0 Å². The van der Waals surface area contributed by atoms with E-state index < -0.39 is 0 Å². The Labute approximate surface area is 108 Å². The van der Waals surface area contributed by atoms with Crippen molar-refractivity contribution < 1.29 is 4.74 Å². The largest absolute Gasteiger partial charge is 0.496 e. The summed E-state index contributed by atoms with van der Waals surface area (Å²) < 4.78 is 5.34. The van der Waals surface area contributed by atoms with Crippen LogP contribution >= 0.6 is 11.8 Å². The lowest BCUT2D eigenvalue weighted by molar-refractivity contribution is 0.407. The first-order chi connectivity index (χ1) is 8.40. The molecular weight excluding hydrogens is 230 g/mol. The van der Waals surface area contributed by atoms with Gasteiger partial charge in [-0.25, -0.2) is 0 Å². The third-order valence-electron chi connectivity index (χ3n) is 3.15. The second-order valence-corrected chi connectivity index (χ2v) is 5.84. The molecular formula is C14H21NOS. The predicted molar refractivity (Wildman–Crippen MR) is 74.8 cm³/mol. The molecule has 1 heterocycles. The van der Waals surface area contributed by atoms with Crippen LogP contribution in [0.1, 0.15) is 24.8 Å². The van der Waals surface area contributed by atoms with E-state index in [4.69, 9.17) is 4.74 Å². The summed E-state index contributed by atoms with van der Waals surface area (Å²) in [5, 5.41) is 4.35. The molecule has 0 spiro atoms. The number of methoxy groups -OCH3 is 1. The first kappa shape index (κ1) is 12.8. The van der Waals surface area contributed by atoms with Crippen LogP contribution in [0.25, 0.3) is 0 Å². The maximum Gasteiger partial charge on any atom is 0.123 e. The molecule has 1 fully saturated rings. The molecule has 0 amide bonds. The van der Waals surface area contributed by atoms with Gasteiger partial charge in [0, 0.05) is 23.9 Å². The van der Waals surface area contributed by atoms with Crippen molar-refractivity contribution in [3.8, 4) is 5.75 Å². The molecule has 3 heteroatoms. The highest BCUT2D eigenvalue weighted by atomic mass is 32.2. The van der Waals surface area contributed by atoms with E-state index in [0.717, 1.165) is 24.1 Å². The van der Waals surface area contributed by atoms with Crippen molar-refractivity contribution in [1.82, 2.24) is 5.32 Å². The summed E-state index contributed by atoms with van der Waals surface area (Å²) in [4.78, 5) is 0. The van der Waals surface area contributed by atoms with Crippen molar-refractivity contribution in [3.63, 3.8) is 0 Å². The van der Waals surface area contributed by atoms with E-state index in [2.05, 4.69) is 29.2 Å². The lowest BCUT2D eigenvalue weighted by Crippen LogP contribution is -2.26. The van der Waals surface area contributed by atoms with Crippen LogP contribution in [0.5, 0.6) is 5.75 Å². The van der Waals surface area contributed by atoms with E-state index in [9.17, 15) is 0 Å². The topological polar surface area (TPSA) is 21.3 Å². The van der Waals surface area contributed by atoms with Gasteiger partial charge in [0.25, 0.3) is 0 Å². The Bertz CT molecular complexity index is 337. The van der Waals surface area contributed by atoms with Crippen LogP contribution in [0.2, 0.25) is 0 Å². The highest BCUT2D eigenvalue weighted by molar-refractivity contribution is 7.99. The van der Waals surface area contributed by atoms with Crippen LogP contribution in [0.3, 0.4) is 0 Å². The summed E-state index contributed by atoms with van der Waals surface area (Å²) in [7, 11) is 1.73. The van der Waals surface area contributed by atoms with Crippen molar-refractivity contribution in [1.29, 1.82) is 0 Å². The molecule has 94 valence electrons. The van der Waals surface area contributed by atoms with Gasteiger partial charge in [0.15, 0.2) is 0 Å². The van der Waals surface area contributed by atoms with Crippen molar-refractivity contribution in [2.45, 2.75) is 31.1 Å². The van der Waals surface area contributed by atoms with E-state index in [0.29, 0.717) is 0 Å². The van der Waals surface area contributed by atoms with Gasteiger partial charge in [0.1, 0.15) is 5.75 Å². The average molecular weight is 251 g/mol. The predicted octanol–water partition coefficient (Wildman–Crippen LogP) is 3.07. The van der Waals surface area contributed by atoms with Gasteiger partial charge >= 0.3 is 0 Å². The SMILES string of the molecule is COc1ccccc1CNCC1CCCCS1. The van der Waals surface area contributed by atoms with Gasteiger partial charge in [-0.2, -0.15) is 11.8 Å². The van der Waals surface area contributed by atoms with Crippen LogP contribution in [-0.2, 0) is 6.54 Å². The molecule has 0 aliphatic carbocycles.